The molecule has 3 heterocycles. The maximum Gasteiger partial charge on any atom is 0.200 e. The third-order valence-electron chi connectivity index (χ3n) is 5.20. The quantitative estimate of drug-likeness (QED) is 0.677. The fourth-order valence-corrected chi connectivity index (χ4v) is 5.09. The maximum absolute atomic E-state index is 11.6. The fourth-order valence-electron chi connectivity index (χ4n) is 3.50. The summed E-state index contributed by atoms with van der Waals surface area (Å²) in [5, 5.41) is 16.1. The summed E-state index contributed by atoms with van der Waals surface area (Å²) in [4.78, 5) is 0. The van der Waals surface area contributed by atoms with Gasteiger partial charge in [0.1, 0.15) is 21.9 Å². The highest BCUT2D eigenvalue weighted by Crippen LogP contribution is 2.26. The van der Waals surface area contributed by atoms with Gasteiger partial charge in [-0.05, 0) is 55.5 Å². The van der Waals surface area contributed by atoms with Crippen molar-refractivity contribution in [2.45, 2.75) is 19.3 Å². The zero-order valence-corrected chi connectivity index (χ0v) is 16.5. The Hall–Kier alpha value is -2.68. The van der Waals surface area contributed by atoms with Gasteiger partial charge in [-0.3, -0.25) is 0 Å². The van der Waals surface area contributed by atoms with Gasteiger partial charge in [0.2, 0.25) is 5.65 Å². The van der Waals surface area contributed by atoms with Crippen LogP contribution in [0.3, 0.4) is 0 Å². The molecule has 0 amide bonds. The van der Waals surface area contributed by atoms with E-state index in [1.807, 2.05) is 30.3 Å². The van der Waals surface area contributed by atoms with Crippen LogP contribution in [-0.4, -0.2) is 53.4 Å². The third-order valence-corrected chi connectivity index (χ3v) is 6.91. The number of hydrogen-bond donors (Lipinski definition) is 1. The standard InChI is InChI=1S/C19H23N5O3S/c1-27-16-4-2-15(3-5-16)17-12-18(19-22-21-13-24(19)23-17)20-9-6-14-7-10-28(25,26)11-8-14/h2-5,12-14,20H,6-11H2,1H3. The number of hydrogen-bond acceptors (Lipinski definition) is 7. The van der Waals surface area contributed by atoms with E-state index in [-0.39, 0.29) is 0 Å². The molecule has 1 fully saturated rings. The summed E-state index contributed by atoms with van der Waals surface area (Å²) in [5.74, 6) is 1.85. The molecule has 0 saturated carbocycles. The summed E-state index contributed by atoms with van der Waals surface area (Å²) in [6, 6.07) is 9.69. The van der Waals surface area contributed by atoms with E-state index in [0.29, 0.717) is 23.1 Å². The SMILES string of the molecule is COc1ccc(-c2cc(NCCC3CCS(=O)(=O)CC3)c3nncn3n2)cc1. The first-order valence-corrected chi connectivity index (χ1v) is 11.2. The van der Waals surface area contributed by atoms with Crippen molar-refractivity contribution in [3.8, 4) is 17.0 Å². The second-order valence-electron chi connectivity index (χ2n) is 7.08. The van der Waals surface area contributed by atoms with Crippen LogP contribution >= 0.6 is 0 Å². The minimum atomic E-state index is -2.81. The van der Waals surface area contributed by atoms with Gasteiger partial charge in [0.05, 0.1) is 30.0 Å². The van der Waals surface area contributed by atoms with Gasteiger partial charge >= 0.3 is 0 Å². The Morgan fingerprint density at radius 2 is 1.96 bits per heavy atom. The molecular formula is C19H23N5O3S. The zero-order chi connectivity index (χ0) is 19.6. The molecule has 2 aromatic heterocycles. The van der Waals surface area contributed by atoms with E-state index < -0.39 is 9.84 Å². The minimum absolute atomic E-state index is 0.308. The Labute approximate surface area is 163 Å². The summed E-state index contributed by atoms with van der Waals surface area (Å²) in [6.45, 7) is 0.749. The van der Waals surface area contributed by atoms with Crippen LogP contribution in [0.4, 0.5) is 5.69 Å². The summed E-state index contributed by atoms with van der Waals surface area (Å²) in [6.07, 6.45) is 4.01. The van der Waals surface area contributed by atoms with Gasteiger partial charge < -0.3 is 10.1 Å². The van der Waals surface area contributed by atoms with Gasteiger partial charge in [0.15, 0.2) is 0 Å². The summed E-state index contributed by atoms with van der Waals surface area (Å²) < 4.78 is 30.0. The Bertz CT molecular complexity index is 1050. The topological polar surface area (TPSA) is 98.5 Å². The highest BCUT2D eigenvalue weighted by Gasteiger charge is 2.23. The van der Waals surface area contributed by atoms with Crippen molar-refractivity contribution >= 4 is 21.2 Å². The second-order valence-corrected chi connectivity index (χ2v) is 9.39. The molecule has 4 rings (SSSR count). The van der Waals surface area contributed by atoms with Crippen molar-refractivity contribution < 1.29 is 13.2 Å². The molecule has 9 heteroatoms. The van der Waals surface area contributed by atoms with Crippen LogP contribution in [0.1, 0.15) is 19.3 Å². The van der Waals surface area contributed by atoms with Crippen molar-refractivity contribution in [1.82, 2.24) is 19.8 Å². The van der Waals surface area contributed by atoms with Crippen LogP contribution < -0.4 is 10.1 Å². The Kier molecular flexibility index (Phi) is 5.17. The number of methoxy groups -OCH3 is 1. The van der Waals surface area contributed by atoms with Crippen LogP contribution in [0.25, 0.3) is 16.9 Å². The van der Waals surface area contributed by atoms with Crippen LogP contribution in [0.15, 0.2) is 36.7 Å². The van der Waals surface area contributed by atoms with Crippen LogP contribution in [0.5, 0.6) is 5.75 Å². The molecular weight excluding hydrogens is 378 g/mol. The van der Waals surface area contributed by atoms with E-state index in [1.165, 1.54) is 0 Å². The average molecular weight is 401 g/mol. The normalized spacial score (nSPS) is 16.9. The number of ether oxygens (including phenoxy) is 1. The molecule has 1 aliphatic rings. The molecule has 0 atom stereocenters. The van der Waals surface area contributed by atoms with Gasteiger partial charge in [0, 0.05) is 12.1 Å². The van der Waals surface area contributed by atoms with E-state index >= 15 is 0 Å². The molecule has 1 saturated heterocycles. The lowest BCUT2D eigenvalue weighted by Crippen LogP contribution is -2.24. The molecule has 8 nitrogen and oxygen atoms in total. The van der Waals surface area contributed by atoms with E-state index in [9.17, 15) is 8.42 Å². The first-order valence-electron chi connectivity index (χ1n) is 9.34. The highest BCUT2D eigenvalue weighted by molar-refractivity contribution is 7.91. The molecule has 0 aliphatic carbocycles. The second kappa shape index (κ2) is 7.75. The van der Waals surface area contributed by atoms with E-state index in [2.05, 4.69) is 20.6 Å². The highest BCUT2D eigenvalue weighted by atomic mass is 32.2. The lowest BCUT2D eigenvalue weighted by molar-refractivity contribution is 0.415. The molecule has 28 heavy (non-hydrogen) atoms. The van der Waals surface area contributed by atoms with Crippen LogP contribution in [-0.2, 0) is 9.84 Å². The number of nitrogens with one attached hydrogen (secondary N) is 1. The number of benzene rings is 1. The van der Waals surface area contributed by atoms with E-state index in [0.717, 1.165) is 48.5 Å². The van der Waals surface area contributed by atoms with Crippen molar-refractivity contribution in [2.24, 2.45) is 5.92 Å². The smallest absolute Gasteiger partial charge is 0.200 e. The number of nitrogens with zero attached hydrogens (tertiary/aromatic N) is 4. The average Bonchev–Trinajstić information content (AvgIpc) is 3.18. The van der Waals surface area contributed by atoms with Gasteiger partial charge in [-0.2, -0.15) is 9.61 Å². The number of sulfone groups is 1. The number of rotatable bonds is 6. The lowest BCUT2D eigenvalue weighted by Gasteiger charge is -2.22. The van der Waals surface area contributed by atoms with Crippen molar-refractivity contribution in [1.29, 1.82) is 0 Å². The molecule has 0 spiro atoms. The summed E-state index contributed by atoms with van der Waals surface area (Å²) in [7, 11) is -1.18. The molecule has 3 aromatic rings. The number of anilines is 1. The van der Waals surface area contributed by atoms with Gasteiger partial charge in [-0.15, -0.1) is 10.2 Å². The first-order chi connectivity index (χ1) is 13.5. The number of fused-ring (bicyclic) bond motifs is 1. The molecule has 1 N–H and O–H groups in total. The van der Waals surface area contributed by atoms with E-state index in [1.54, 1.807) is 18.0 Å². The molecule has 0 bridgehead atoms. The summed E-state index contributed by atoms with van der Waals surface area (Å²) >= 11 is 0. The van der Waals surface area contributed by atoms with Gasteiger partial charge in [-0.25, -0.2) is 8.42 Å². The molecule has 0 unspecified atom stereocenters. The van der Waals surface area contributed by atoms with Crippen LogP contribution in [0, 0.1) is 5.92 Å². The van der Waals surface area contributed by atoms with Gasteiger partial charge in [-0.1, -0.05) is 0 Å². The largest absolute Gasteiger partial charge is 0.497 e. The fraction of sp³-hybridized carbons (Fsp3) is 0.421. The van der Waals surface area contributed by atoms with E-state index in [4.69, 9.17) is 4.74 Å². The predicted octanol–water partition coefficient (Wildman–Crippen LogP) is 2.43. The lowest BCUT2D eigenvalue weighted by atomic mass is 9.99. The van der Waals surface area contributed by atoms with Crippen molar-refractivity contribution in [3.63, 3.8) is 0 Å². The Morgan fingerprint density at radius 3 is 2.68 bits per heavy atom. The zero-order valence-electron chi connectivity index (χ0n) is 15.7. The Morgan fingerprint density at radius 1 is 1.21 bits per heavy atom. The first kappa shape index (κ1) is 18.7. The van der Waals surface area contributed by atoms with Crippen LogP contribution in [0.2, 0.25) is 0 Å². The molecule has 0 radical (unpaired) electrons. The predicted molar refractivity (Wildman–Crippen MR) is 107 cm³/mol. The van der Waals surface area contributed by atoms with Crippen molar-refractivity contribution in [3.05, 3.63) is 36.7 Å². The third kappa shape index (κ3) is 4.09. The van der Waals surface area contributed by atoms with Gasteiger partial charge in [0.25, 0.3) is 0 Å². The summed E-state index contributed by atoms with van der Waals surface area (Å²) in [5.41, 5.74) is 3.31. The monoisotopic (exact) mass is 401 g/mol. The maximum atomic E-state index is 11.6. The Balaban J connectivity index is 1.49. The van der Waals surface area contributed by atoms with Crippen molar-refractivity contribution in [2.75, 3.05) is 30.5 Å². The molecule has 1 aromatic carbocycles. The molecule has 148 valence electrons. The number of aromatic nitrogens is 4. The minimum Gasteiger partial charge on any atom is -0.497 e. The molecule has 1 aliphatic heterocycles.